The second-order valence-electron chi connectivity index (χ2n) is 7.93. The molecule has 1 saturated carbocycles. The largest absolute Gasteiger partial charge is 0.367 e. The average Bonchev–Trinajstić information content (AvgIpc) is 3.21. The first kappa shape index (κ1) is 19.8. The van der Waals surface area contributed by atoms with Crippen LogP contribution in [0.3, 0.4) is 0 Å². The number of aromatic nitrogens is 2. The Balaban J connectivity index is 1.48. The Morgan fingerprint density at radius 2 is 1.90 bits per heavy atom. The summed E-state index contributed by atoms with van der Waals surface area (Å²) < 4.78 is 13.3. The number of benzene rings is 1. The molecule has 1 aliphatic heterocycles. The zero-order valence-electron chi connectivity index (χ0n) is 16.7. The highest BCUT2D eigenvalue weighted by atomic mass is 19.1. The molecular formula is C22H28FN5O. The minimum absolute atomic E-state index is 0.175. The van der Waals surface area contributed by atoms with Crippen LogP contribution in [0.25, 0.3) is 0 Å². The summed E-state index contributed by atoms with van der Waals surface area (Å²) in [7, 11) is 0. The molecule has 1 aliphatic carbocycles. The number of rotatable bonds is 8. The van der Waals surface area contributed by atoms with E-state index in [2.05, 4.69) is 25.5 Å². The summed E-state index contributed by atoms with van der Waals surface area (Å²) in [6.45, 7) is 4.03. The lowest BCUT2D eigenvalue weighted by molar-refractivity contribution is 0.0911. The van der Waals surface area contributed by atoms with Crippen LogP contribution in [0.15, 0.2) is 30.5 Å². The van der Waals surface area contributed by atoms with Crippen molar-refractivity contribution in [1.29, 1.82) is 0 Å². The maximum atomic E-state index is 13.3. The molecule has 4 rings (SSSR count). The Kier molecular flexibility index (Phi) is 6.34. The van der Waals surface area contributed by atoms with Crippen molar-refractivity contribution in [3.63, 3.8) is 0 Å². The van der Waals surface area contributed by atoms with E-state index in [0.717, 1.165) is 51.0 Å². The lowest BCUT2D eigenvalue weighted by Gasteiger charge is -2.26. The summed E-state index contributed by atoms with van der Waals surface area (Å²) in [5.74, 6) is 0.248. The number of hydrogen-bond donors (Lipinski definition) is 2. The Bertz CT molecular complexity index is 832. The molecule has 2 aliphatic rings. The van der Waals surface area contributed by atoms with E-state index in [1.807, 2.05) is 0 Å². The molecule has 0 radical (unpaired) electrons. The maximum Gasteiger partial charge on any atom is 0.271 e. The number of halogens is 1. The van der Waals surface area contributed by atoms with Gasteiger partial charge in [-0.05, 0) is 62.9 Å². The molecule has 0 unspecified atom stereocenters. The van der Waals surface area contributed by atoms with E-state index in [9.17, 15) is 9.18 Å². The Labute approximate surface area is 170 Å². The highest BCUT2D eigenvalue weighted by Crippen LogP contribution is 2.20. The molecule has 1 amide bonds. The standard InChI is InChI=1S/C22H28FN5O/c23-17-8-6-16(7-9-17)14-19-21(24-10-13-28-11-1-2-12-28)25-15-20(27-19)22(29)26-18-4-3-5-18/h6-9,15,18H,1-5,10-14H2,(H,24,25)(H,26,29). The maximum absolute atomic E-state index is 13.3. The predicted octanol–water partition coefficient (Wildman–Crippen LogP) is 3.00. The first-order valence-electron chi connectivity index (χ1n) is 10.5. The Morgan fingerprint density at radius 3 is 2.59 bits per heavy atom. The van der Waals surface area contributed by atoms with Crippen LogP contribution in [0.5, 0.6) is 0 Å². The highest BCUT2D eigenvalue weighted by Gasteiger charge is 2.22. The fourth-order valence-corrected chi connectivity index (χ4v) is 3.75. The number of carbonyl (C=O) groups excluding carboxylic acids is 1. The van der Waals surface area contributed by atoms with Gasteiger partial charge in [0.05, 0.1) is 11.9 Å². The van der Waals surface area contributed by atoms with Gasteiger partial charge < -0.3 is 15.5 Å². The summed E-state index contributed by atoms with van der Waals surface area (Å²) >= 11 is 0. The van der Waals surface area contributed by atoms with Gasteiger partial charge in [-0.15, -0.1) is 0 Å². The quantitative estimate of drug-likeness (QED) is 0.717. The van der Waals surface area contributed by atoms with Gasteiger partial charge in [-0.1, -0.05) is 12.1 Å². The minimum Gasteiger partial charge on any atom is -0.367 e. The van der Waals surface area contributed by atoms with Crippen LogP contribution in [0.2, 0.25) is 0 Å². The van der Waals surface area contributed by atoms with E-state index >= 15 is 0 Å². The van der Waals surface area contributed by atoms with Crippen molar-refractivity contribution in [3.8, 4) is 0 Å². The number of hydrogen-bond acceptors (Lipinski definition) is 5. The summed E-state index contributed by atoms with van der Waals surface area (Å²) in [6.07, 6.45) is 7.77. The van der Waals surface area contributed by atoms with Gasteiger partial charge in [0, 0.05) is 25.6 Å². The SMILES string of the molecule is O=C(NC1CCC1)c1cnc(NCCN2CCCC2)c(Cc2ccc(F)cc2)n1. The zero-order valence-corrected chi connectivity index (χ0v) is 16.7. The molecular weight excluding hydrogens is 369 g/mol. The van der Waals surface area contributed by atoms with Gasteiger partial charge in [-0.25, -0.2) is 14.4 Å². The summed E-state index contributed by atoms with van der Waals surface area (Å²) in [4.78, 5) is 24.0. The van der Waals surface area contributed by atoms with Crippen molar-refractivity contribution in [2.75, 3.05) is 31.5 Å². The third-order valence-electron chi connectivity index (χ3n) is 5.72. The number of nitrogens with zero attached hydrogens (tertiary/aromatic N) is 3. The molecule has 2 fully saturated rings. The van der Waals surface area contributed by atoms with Gasteiger partial charge in [0.1, 0.15) is 17.3 Å². The third-order valence-corrected chi connectivity index (χ3v) is 5.72. The fourth-order valence-electron chi connectivity index (χ4n) is 3.75. The average molecular weight is 397 g/mol. The smallest absolute Gasteiger partial charge is 0.271 e. The molecule has 29 heavy (non-hydrogen) atoms. The molecule has 1 aromatic carbocycles. The molecule has 0 spiro atoms. The van der Waals surface area contributed by atoms with Crippen molar-refractivity contribution >= 4 is 11.7 Å². The van der Waals surface area contributed by atoms with Crippen LogP contribution in [-0.2, 0) is 6.42 Å². The van der Waals surface area contributed by atoms with Gasteiger partial charge in [0.15, 0.2) is 0 Å². The summed E-state index contributed by atoms with van der Waals surface area (Å²) in [5, 5.41) is 6.39. The van der Waals surface area contributed by atoms with Gasteiger partial charge in [-0.2, -0.15) is 0 Å². The molecule has 2 N–H and O–H groups in total. The second-order valence-corrected chi connectivity index (χ2v) is 7.93. The third kappa shape index (κ3) is 5.29. The van der Waals surface area contributed by atoms with Crippen LogP contribution >= 0.6 is 0 Å². The van der Waals surface area contributed by atoms with E-state index in [-0.39, 0.29) is 17.8 Å². The summed E-state index contributed by atoms with van der Waals surface area (Å²) in [5.41, 5.74) is 1.97. The lowest BCUT2D eigenvalue weighted by Crippen LogP contribution is -2.40. The lowest BCUT2D eigenvalue weighted by atomic mass is 9.93. The van der Waals surface area contributed by atoms with Gasteiger partial charge in [-0.3, -0.25) is 4.79 Å². The van der Waals surface area contributed by atoms with Crippen LogP contribution < -0.4 is 10.6 Å². The molecule has 1 aromatic heterocycles. The van der Waals surface area contributed by atoms with E-state index in [4.69, 9.17) is 0 Å². The number of carbonyl (C=O) groups is 1. The molecule has 2 aromatic rings. The van der Waals surface area contributed by atoms with Gasteiger partial charge >= 0.3 is 0 Å². The zero-order chi connectivity index (χ0) is 20.1. The molecule has 6 nitrogen and oxygen atoms in total. The number of amides is 1. The molecule has 0 bridgehead atoms. The first-order chi connectivity index (χ1) is 14.2. The van der Waals surface area contributed by atoms with Gasteiger partial charge in [0.2, 0.25) is 0 Å². The van der Waals surface area contributed by atoms with E-state index < -0.39 is 0 Å². The van der Waals surface area contributed by atoms with Crippen molar-refractivity contribution in [2.24, 2.45) is 0 Å². The van der Waals surface area contributed by atoms with Crippen LogP contribution in [0.1, 0.15) is 53.8 Å². The minimum atomic E-state index is -0.266. The number of nitrogens with one attached hydrogen (secondary N) is 2. The van der Waals surface area contributed by atoms with Crippen molar-refractivity contribution < 1.29 is 9.18 Å². The number of likely N-dealkylation sites (tertiary alicyclic amines) is 1. The van der Waals surface area contributed by atoms with Crippen LogP contribution in [0, 0.1) is 5.82 Å². The molecule has 1 saturated heterocycles. The van der Waals surface area contributed by atoms with Gasteiger partial charge in [0.25, 0.3) is 5.91 Å². The van der Waals surface area contributed by atoms with Crippen molar-refractivity contribution in [2.45, 2.75) is 44.6 Å². The topological polar surface area (TPSA) is 70.2 Å². The second kappa shape index (κ2) is 9.31. The van der Waals surface area contributed by atoms with Crippen LogP contribution in [0.4, 0.5) is 10.2 Å². The normalized spacial score (nSPS) is 17.1. The molecule has 2 heterocycles. The molecule has 154 valence electrons. The van der Waals surface area contributed by atoms with Crippen LogP contribution in [-0.4, -0.2) is 53.0 Å². The highest BCUT2D eigenvalue weighted by molar-refractivity contribution is 5.92. The van der Waals surface area contributed by atoms with E-state index in [1.165, 1.54) is 25.0 Å². The monoisotopic (exact) mass is 397 g/mol. The van der Waals surface area contributed by atoms with E-state index in [0.29, 0.717) is 23.6 Å². The first-order valence-corrected chi connectivity index (χ1v) is 10.5. The fraction of sp³-hybridized carbons (Fsp3) is 0.500. The predicted molar refractivity (Wildman–Crippen MR) is 111 cm³/mol. The Hall–Kier alpha value is -2.54. The van der Waals surface area contributed by atoms with Crippen molar-refractivity contribution in [3.05, 3.63) is 53.2 Å². The Morgan fingerprint density at radius 1 is 1.14 bits per heavy atom. The van der Waals surface area contributed by atoms with E-state index in [1.54, 1.807) is 18.3 Å². The summed E-state index contributed by atoms with van der Waals surface area (Å²) in [6, 6.07) is 6.62. The molecule has 7 heteroatoms. The van der Waals surface area contributed by atoms with Crippen molar-refractivity contribution in [1.82, 2.24) is 20.2 Å². The number of anilines is 1. The molecule has 0 atom stereocenters.